The third kappa shape index (κ3) is 4.44. The average molecular weight is 397 g/mol. The van der Waals surface area contributed by atoms with Crippen LogP contribution in [0.15, 0.2) is 24.5 Å². The topological polar surface area (TPSA) is 97.1 Å². The number of piperidine rings is 2. The Kier molecular flexibility index (Phi) is 5.55. The van der Waals surface area contributed by atoms with Crippen molar-refractivity contribution in [2.24, 2.45) is 5.41 Å². The van der Waals surface area contributed by atoms with Gasteiger partial charge >= 0.3 is 0 Å². The Morgan fingerprint density at radius 2 is 2.07 bits per heavy atom. The van der Waals surface area contributed by atoms with Crippen molar-refractivity contribution in [2.45, 2.75) is 52.1 Å². The lowest BCUT2D eigenvalue weighted by atomic mass is 9.72. The fraction of sp³-hybridized carbons (Fsp3) is 0.600. The number of carbonyl (C=O) groups is 2. The molecule has 0 radical (unpaired) electrons. The number of likely N-dealkylation sites (tertiary alicyclic amines) is 2. The summed E-state index contributed by atoms with van der Waals surface area (Å²) in [6, 6.07) is 3.91. The summed E-state index contributed by atoms with van der Waals surface area (Å²) in [6.07, 6.45) is 7.37. The van der Waals surface area contributed by atoms with Crippen molar-refractivity contribution in [2.75, 3.05) is 19.6 Å². The Bertz CT molecular complexity index is 859. The average Bonchev–Trinajstić information content (AvgIpc) is 3.15. The molecule has 0 saturated carbocycles. The van der Waals surface area contributed by atoms with Crippen LogP contribution in [0.2, 0.25) is 0 Å². The molecule has 0 N–H and O–H groups in total. The molecule has 0 aliphatic carbocycles. The van der Waals surface area contributed by atoms with E-state index in [1.54, 1.807) is 10.9 Å². The molecule has 2 aliphatic rings. The first-order valence-electron chi connectivity index (χ1n) is 10.2. The van der Waals surface area contributed by atoms with Crippen molar-refractivity contribution in [3.63, 3.8) is 0 Å². The molecule has 1 spiro atoms. The van der Waals surface area contributed by atoms with Gasteiger partial charge in [0, 0.05) is 51.4 Å². The van der Waals surface area contributed by atoms with E-state index in [1.165, 1.54) is 0 Å². The summed E-state index contributed by atoms with van der Waals surface area (Å²) in [6.45, 7) is 5.23. The van der Waals surface area contributed by atoms with Crippen molar-refractivity contribution in [3.05, 3.63) is 35.9 Å². The molecule has 4 heterocycles. The van der Waals surface area contributed by atoms with E-state index in [0.29, 0.717) is 25.9 Å². The molecular weight excluding hydrogens is 370 g/mol. The minimum atomic E-state index is 0.124. The van der Waals surface area contributed by atoms with Gasteiger partial charge < -0.3 is 9.80 Å². The zero-order valence-corrected chi connectivity index (χ0v) is 16.8. The van der Waals surface area contributed by atoms with Gasteiger partial charge in [-0.15, -0.1) is 5.10 Å². The second-order valence-corrected chi connectivity index (χ2v) is 8.19. The van der Waals surface area contributed by atoms with Crippen LogP contribution in [0.3, 0.4) is 0 Å². The quantitative estimate of drug-likeness (QED) is 0.752. The molecular formula is C20H27N7O2. The molecule has 2 aromatic heterocycles. The maximum Gasteiger partial charge on any atom is 0.224 e. The van der Waals surface area contributed by atoms with Crippen molar-refractivity contribution in [1.29, 1.82) is 0 Å². The Labute approximate surface area is 170 Å². The predicted molar refractivity (Wildman–Crippen MR) is 104 cm³/mol. The summed E-state index contributed by atoms with van der Waals surface area (Å²) >= 11 is 0. The van der Waals surface area contributed by atoms with Crippen molar-refractivity contribution in [1.82, 2.24) is 35.0 Å². The molecule has 0 bridgehead atoms. The van der Waals surface area contributed by atoms with Crippen molar-refractivity contribution >= 4 is 11.8 Å². The molecule has 2 aliphatic heterocycles. The maximum atomic E-state index is 12.6. The van der Waals surface area contributed by atoms with Gasteiger partial charge in [-0.3, -0.25) is 14.6 Å². The number of carbonyl (C=O) groups excluding carboxylic acids is 2. The monoisotopic (exact) mass is 397 g/mol. The first-order valence-corrected chi connectivity index (χ1v) is 10.2. The number of amides is 2. The van der Waals surface area contributed by atoms with Gasteiger partial charge in [0.15, 0.2) is 0 Å². The SMILES string of the molecule is Cc1nnnn1CCC(=O)N1CCC2(CCC(=O)N(Cc3cccnc3)C2)CC1. The first-order chi connectivity index (χ1) is 14.0. The largest absolute Gasteiger partial charge is 0.343 e. The molecule has 154 valence electrons. The van der Waals surface area contributed by atoms with Crippen LogP contribution in [0.4, 0.5) is 0 Å². The van der Waals surface area contributed by atoms with Gasteiger partial charge in [0.05, 0.1) is 6.54 Å². The number of rotatable bonds is 5. The second-order valence-electron chi connectivity index (χ2n) is 8.19. The van der Waals surface area contributed by atoms with Gasteiger partial charge in [-0.1, -0.05) is 6.07 Å². The highest BCUT2D eigenvalue weighted by atomic mass is 16.2. The van der Waals surface area contributed by atoms with Crippen LogP contribution in [0.5, 0.6) is 0 Å². The lowest BCUT2D eigenvalue weighted by Crippen LogP contribution is -2.52. The maximum absolute atomic E-state index is 12.6. The van der Waals surface area contributed by atoms with Crippen LogP contribution in [0, 0.1) is 12.3 Å². The Morgan fingerprint density at radius 1 is 1.24 bits per heavy atom. The molecule has 0 atom stereocenters. The fourth-order valence-corrected chi connectivity index (χ4v) is 4.41. The normalized spacial score (nSPS) is 19.0. The molecule has 2 aromatic rings. The Balaban J connectivity index is 1.31. The summed E-state index contributed by atoms with van der Waals surface area (Å²) in [5, 5.41) is 11.4. The van der Waals surface area contributed by atoms with Crippen LogP contribution >= 0.6 is 0 Å². The molecule has 9 heteroatoms. The summed E-state index contributed by atoms with van der Waals surface area (Å²) in [4.78, 5) is 33.1. The number of aromatic nitrogens is 5. The Hall–Kier alpha value is -2.84. The third-order valence-electron chi connectivity index (χ3n) is 6.27. The number of hydrogen-bond acceptors (Lipinski definition) is 6. The van der Waals surface area contributed by atoms with Crippen molar-refractivity contribution < 1.29 is 9.59 Å². The van der Waals surface area contributed by atoms with E-state index in [9.17, 15) is 9.59 Å². The van der Waals surface area contributed by atoms with Crippen LogP contribution in [-0.2, 0) is 22.7 Å². The highest BCUT2D eigenvalue weighted by Crippen LogP contribution is 2.40. The zero-order chi connectivity index (χ0) is 20.3. The number of hydrogen-bond donors (Lipinski definition) is 0. The Morgan fingerprint density at radius 3 is 2.76 bits per heavy atom. The van der Waals surface area contributed by atoms with Crippen molar-refractivity contribution in [3.8, 4) is 0 Å². The highest BCUT2D eigenvalue weighted by Gasteiger charge is 2.41. The first kappa shape index (κ1) is 19.5. The van der Waals surface area contributed by atoms with Gasteiger partial charge in [-0.25, -0.2) is 4.68 Å². The molecule has 29 heavy (non-hydrogen) atoms. The van der Waals surface area contributed by atoms with Crippen LogP contribution in [-0.4, -0.2) is 66.4 Å². The van der Waals surface area contributed by atoms with Crippen LogP contribution in [0.25, 0.3) is 0 Å². The lowest BCUT2D eigenvalue weighted by molar-refractivity contribution is -0.143. The van der Waals surface area contributed by atoms with Gasteiger partial charge in [-0.2, -0.15) is 0 Å². The predicted octanol–water partition coefficient (Wildman–Crippen LogP) is 1.20. The molecule has 2 fully saturated rings. The highest BCUT2D eigenvalue weighted by molar-refractivity contribution is 5.77. The second kappa shape index (κ2) is 8.26. The van der Waals surface area contributed by atoms with E-state index in [4.69, 9.17) is 0 Å². The molecule has 9 nitrogen and oxygen atoms in total. The summed E-state index contributed by atoms with van der Waals surface area (Å²) in [7, 11) is 0. The molecule has 4 rings (SSSR count). The third-order valence-corrected chi connectivity index (χ3v) is 6.27. The zero-order valence-electron chi connectivity index (χ0n) is 16.8. The number of nitrogens with zero attached hydrogens (tertiary/aromatic N) is 7. The van der Waals surface area contributed by atoms with E-state index in [2.05, 4.69) is 20.5 Å². The van der Waals surface area contributed by atoms with E-state index in [-0.39, 0.29) is 17.2 Å². The van der Waals surface area contributed by atoms with Gasteiger partial charge in [0.2, 0.25) is 11.8 Å². The molecule has 2 amide bonds. The minimum Gasteiger partial charge on any atom is -0.343 e. The van der Waals surface area contributed by atoms with Crippen LogP contribution < -0.4 is 0 Å². The van der Waals surface area contributed by atoms with E-state index in [0.717, 1.165) is 50.3 Å². The molecule has 0 unspecified atom stereocenters. The van der Waals surface area contributed by atoms with E-state index in [1.807, 2.05) is 35.1 Å². The fourth-order valence-electron chi connectivity index (χ4n) is 4.41. The number of tetrazole rings is 1. The molecule has 0 aromatic carbocycles. The summed E-state index contributed by atoms with van der Waals surface area (Å²) < 4.78 is 1.66. The van der Waals surface area contributed by atoms with Gasteiger partial charge in [0.1, 0.15) is 5.82 Å². The molecule has 2 saturated heterocycles. The van der Waals surface area contributed by atoms with Crippen LogP contribution in [0.1, 0.15) is 43.5 Å². The van der Waals surface area contributed by atoms with Gasteiger partial charge in [0.25, 0.3) is 0 Å². The number of aryl methyl sites for hydroxylation is 2. The number of pyridine rings is 1. The van der Waals surface area contributed by atoms with E-state index < -0.39 is 0 Å². The minimum absolute atomic E-state index is 0.124. The van der Waals surface area contributed by atoms with E-state index >= 15 is 0 Å². The summed E-state index contributed by atoms with van der Waals surface area (Å²) in [5.74, 6) is 1.08. The summed E-state index contributed by atoms with van der Waals surface area (Å²) in [5.41, 5.74) is 1.18. The lowest BCUT2D eigenvalue weighted by Gasteiger charge is -2.47. The van der Waals surface area contributed by atoms with Gasteiger partial charge in [-0.05, 0) is 53.7 Å². The smallest absolute Gasteiger partial charge is 0.224 e. The standard InChI is InChI=1S/C20H27N7O2/c1-16-22-23-24-27(16)10-5-19(29)25-11-7-20(8-12-25)6-4-18(28)26(15-20)14-17-3-2-9-21-13-17/h2-3,9,13H,4-8,10-12,14-15H2,1H3.